The van der Waals surface area contributed by atoms with Crippen LogP contribution in [0.1, 0.15) is 37.0 Å². The molecule has 126 valence electrons. The lowest BCUT2D eigenvalue weighted by Gasteiger charge is -2.38. The number of rotatable bonds is 4. The Balaban J connectivity index is 1.56. The topological polar surface area (TPSA) is 48.0 Å². The quantitative estimate of drug-likeness (QED) is 0.855. The zero-order valence-corrected chi connectivity index (χ0v) is 13.9. The maximum absolute atomic E-state index is 12.6. The third-order valence-corrected chi connectivity index (χ3v) is 4.27. The van der Waals surface area contributed by atoms with Crippen LogP contribution in [0.5, 0.6) is 5.75 Å². The average molecular weight is 319 g/mol. The van der Waals surface area contributed by atoms with Crippen LogP contribution in [0, 0.1) is 0 Å². The Morgan fingerprint density at radius 3 is 2.74 bits per heavy atom. The SMILES string of the molecule is CC1(C)CN(C(=O)c2ccc(OC[C@H]3CCCO3)cc2)CCO1. The molecule has 1 atom stereocenters. The van der Waals surface area contributed by atoms with E-state index in [1.807, 2.05) is 43.0 Å². The van der Waals surface area contributed by atoms with Crippen molar-refractivity contribution < 1.29 is 19.0 Å². The number of amides is 1. The first-order valence-corrected chi connectivity index (χ1v) is 8.31. The van der Waals surface area contributed by atoms with Crippen LogP contribution >= 0.6 is 0 Å². The smallest absolute Gasteiger partial charge is 0.254 e. The van der Waals surface area contributed by atoms with Crippen LogP contribution in [0.3, 0.4) is 0 Å². The molecule has 2 heterocycles. The summed E-state index contributed by atoms with van der Waals surface area (Å²) in [5, 5.41) is 0. The maximum atomic E-state index is 12.6. The number of carbonyl (C=O) groups is 1. The molecule has 2 aliphatic rings. The van der Waals surface area contributed by atoms with Gasteiger partial charge in [0.25, 0.3) is 5.91 Å². The lowest BCUT2D eigenvalue weighted by Crippen LogP contribution is -2.50. The highest BCUT2D eigenvalue weighted by Crippen LogP contribution is 2.20. The minimum atomic E-state index is -0.280. The van der Waals surface area contributed by atoms with E-state index in [0.717, 1.165) is 25.2 Å². The van der Waals surface area contributed by atoms with Crippen LogP contribution < -0.4 is 4.74 Å². The van der Waals surface area contributed by atoms with Crippen molar-refractivity contribution in [2.24, 2.45) is 0 Å². The molecule has 0 bridgehead atoms. The predicted molar refractivity (Wildman–Crippen MR) is 86.8 cm³/mol. The lowest BCUT2D eigenvalue weighted by atomic mass is 10.1. The Bertz CT molecular complexity index is 534. The van der Waals surface area contributed by atoms with Gasteiger partial charge in [-0.05, 0) is 51.0 Å². The lowest BCUT2D eigenvalue weighted by molar-refractivity contribution is -0.0764. The molecule has 1 aromatic carbocycles. The molecular weight excluding hydrogens is 294 g/mol. The highest BCUT2D eigenvalue weighted by molar-refractivity contribution is 5.94. The zero-order valence-electron chi connectivity index (χ0n) is 13.9. The Labute approximate surface area is 137 Å². The van der Waals surface area contributed by atoms with E-state index in [-0.39, 0.29) is 17.6 Å². The van der Waals surface area contributed by atoms with Crippen molar-refractivity contribution in [3.63, 3.8) is 0 Å². The van der Waals surface area contributed by atoms with Gasteiger partial charge in [-0.15, -0.1) is 0 Å². The number of hydrogen-bond acceptors (Lipinski definition) is 4. The number of hydrogen-bond donors (Lipinski definition) is 0. The molecule has 5 nitrogen and oxygen atoms in total. The van der Waals surface area contributed by atoms with Gasteiger partial charge in [0.15, 0.2) is 0 Å². The van der Waals surface area contributed by atoms with Crippen LogP contribution in [0.4, 0.5) is 0 Å². The van der Waals surface area contributed by atoms with Gasteiger partial charge in [0.05, 0.1) is 18.3 Å². The largest absolute Gasteiger partial charge is 0.491 e. The van der Waals surface area contributed by atoms with E-state index in [4.69, 9.17) is 14.2 Å². The van der Waals surface area contributed by atoms with E-state index >= 15 is 0 Å². The van der Waals surface area contributed by atoms with Gasteiger partial charge in [-0.2, -0.15) is 0 Å². The second-order valence-corrected chi connectivity index (χ2v) is 6.81. The fourth-order valence-electron chi connectivity index (χ4n) is 3.03. The van der Waals surface area contributed by atoms with E-state index in [0.29, 0.717) is 31.9 Å². The van der Waals surface area contributed by atoms with E-state index < -0.39 is 0 Å². The highest BCUT2D eigenvalue weighted by atomic mass is 16.5. The Hall–Kier alpha value is -1.59. The minimum Gasteiger partial charge on any atom is -0.491 e. The van der Waals surface area contributed by atoms with Gasteiger partial charge in [-0.1, -0.05) is 0 Å². The summed E-state index contributed by atoms with van der Waals surface area (Å²) >= 11 is 0. The molecular formula is C18H25NO4. The molecule has 2 saturated heterocycles. The van der Waals surface area contributed by atoms with Gasteiger partial charge < -0.3 is 19.1 Å². The van der Waals surface area contributed by atoms with Gasteiger partial charge in [-0.25, -0.2) is 0 Å². The highest BCUT2D eigenvalue weighted by Gasteiger charge is 2.30. The Kier molecular flexibility index (Phi) is 4.87. The molecule has 1 aromatic rings. The van der Waals surface area contributed by atoms with Crippen molar-refractivity contribution in [2.45, 2.75) is 38.4 Å². The predicted octanol–water partition coefficient (Wildman–Crippen LogP) is 2.50. The second-order valence-electron chi connectivity index (χ2n) is 6.81. The molecule has 0 unspecified atom stereocenters. The van der Waals surface area contributed by atoms with E-state index in [1.165, 1.54) is 0 Å². The average Bonchev–Trinajstić information content (AvgIpc) is 3.05. The summed E-state index contributed by atoms with van der Waals surface area (Å²) in [6.45, 7) is 7.26. The molecule has 0 aromatic heterocycles. The number of carbonyl (C=O) groups excluding carboxylic acids is 1. The normalized spacial score (nSPS) is 23.7. The van der Waals surface area contributed by atoms with Gasteiger partial charge >= 0.3 is 0 Å². The number of nitrogens with zero attached hydrogens (tertiary/aromatic N) is 1. The molecule has 0 radical (unpaired) electrons. The van der Waals surface area contributed by atoms with E-state index in [2.05, 4.69) is 0 Å². The van der Waals surface area contributed by atoms with Crippen LogP contribution in [-0.4, -0.2) is 55.4 Å². The summed E-state index contributed by atoms with van der Waals surface area (Å²) in [6.07, 6.45) is 2.37. The Morgan fingerprint density at radius 1 is 1.30 bits per heavy atom. The third kappa shape index (κ3) is 4.24. The number of benzene rings is 1. The van der Waals surface area contributed by atoms with Gasteiger partial charge in [0, 0.05) is 25.3 Å². The van der Waals surface area contributed by atoms with E-state index in [9.17, 15) is 4.79 Å². The van der Waals surface area contributed by atoms with Crippen molar-refractivity contribution in [3.8, 4) is 5.75 Å². The van der Waals surface area contributed by atoms with Crippen LogP contribution in [0.2, 0.25) is 0 Å². The van der Waals surface area contributed by atoms with Crippen molar-refractivity contribution in [1.82, 2.24) is 4.90 Å². The van der Waals surface area contributed by atoms with Crippen molar-refractivity contribution in [3.05, 3.63) is 29.8 Å². The summed E-state index contributed by atoms with van der Waals surface area (Å²) in [5.74, 6) is 0.825. The van der Waals surface area contributed by atoms with Crippen LogP contribution in [-0.2, 0) is 9.47 Å². The first kappa shape index (κ1) is 16.3. The molecule has 0 spiro atoms. The van der Waals surface area contributed by atoms with Crippen molar-refractivity contribution in [2.75, 3.05) is 32.9 Å². The Morgan fingerprint density at radius 2 is 2.09 bits per heavy atom. The maximum Gasteiger partial charge on any atom is 0.254 e. The first-order valence-electron chi connectivity index (χ1n) is 8.31. The monoisotopic (exact) mass is 319 g/mol. The van der Waals surface area contributed by atoms with Crippen LogP contribution in [0.25, 0.3) is 0 Å². The summed E-state index contributed by atoms with van der Waals surface area (Å²) in [5.41, 5.74) is 0.408. The third-order valence-electron chi connectivity index (χ3n) is 4.27. The van der Waals surface area contributed by atoms with E-state index in [1.54, 1.807) is 0 Å². The summed E-state index contributed by atoms with van der Waals surface area (Å²) in [6, 6.07) is 7.37. The molecule has 1 amide bonds. The fourth-order valence-corrected chi connectivity index (χ4v) is 3.03. The second kappa shape index (κ2) is 6.89. The molecule has 2 aliphatic heterocycles. The fraction of sp³-hybridized carbons (Fsp3) is 0.611. The first-order chi connectivity index (χ1) is 11.0. The molecule has 5 heteroatoms. The number of morpholine rings is 1. The van der Waals surface area contributed by atoms with Crippen molar-refractivity contribution in [1.29, 1.82) is 0 Å². The molecule has 3 rings (SSSR count). The van der Waals surface area contributed by atoms with Gasteiger partial charge in [0.1, 0.15) is 12.4 Å². The summed E-state index contributed by atoms with van der Waals surface area (Å²) < 4.78 is 16.9. The summed E-state index contributed by atoms with van der Waals surface area (Å²) in [4.78, 5) is 14.4. The van der Waals surface area contributed by atoms with Gasteiger partial charge in [-0.3, -0.25) is 4.79 Å². The molecule has 2 fully saturated rings. The van der Waals surface area contributed by atoms with Crippen molar-refractivity contribution >= 4 is 5.91 Å². The number of ether oxygens (including phenoxy) is 3. The van der Waals surface area contributed by atoms with Crippen LogP contribution in [0.15, 0.2) is 24.3 Å². The molecule has 0 N–H and O–H groups in total. The van der Waals surface area contributed by atoms with Gasteiger partial charge in [0.2, 0.25) is 0 Å². The molecule has 0 aliphatic carbocycles. The molecule has 23 heavy (non-hydrogen) atoms. The molecule has 0 saturated carbocycles. The standard InChI is InChI=1S/C18H25NO4/c1-18(2)13-19(9-11-23-18)17(20)14-5-7-15(8-6-14)22-12-16-4-3-10-21-16/h5-8,16H,3-4,9-13H2,1-2H3/t16-/m1/s1. The zero-order chi connectivity index (χ0) is 16.3. The minimum absolute atomic E-state index is 0.0482. The summed E-state index contributed by atoms with van der Waals surface area (Å²) in [7, 11) is 0.